The number of benzene rings is 1. The van der Waals surface area contributed by atoms with Crippen LogP contribution in [-0.2, 0) is 14.6 Å². The molecule has 1 saturated heterocycles. The van der Waals surface area contributed by atoms with Crippen LogP contribution in [0, 0.1) is 0 Å². The van der Waals surface area contributed by atoms with E-state index in [0.717, 1.165) is 11.8 Å². The van der Waals surface area contributed by atoms with E-state index in [-0.39, 0.29) is 34.8 Å². The molecule has 1 fully saturated rings. The molecule has 2 N–H and O–H groups in total. The Morgan fingerprint density at radius 3 is 2.91 bits per heavy atom. The zero-order valence-electron chi connectivity index (χ0n) is 12.1. The van der Waals surface area contributed by atoms with Crippen molar-refractivity contribution in [1.29, 1.82) is 0 Å². The molecule has 2 heterocycles. The number of amides is 1. The van der Waals surface area contributed by atoms with Gasteiger partial charge in [-0.1, -0.05) is 23.9 Å². The first-order valence-corrected chi connectivity index (χ1v) is 9.85. The Kier molecular flexibility index (Phi) is 4.40. The summed E-state index contributed by atoms with van der Waals surface area (Å²) >= 11 is 1.11. The molecule has 23 heavy (non-hydrogen) atoms. The van der Waals surface area contributed by atoms with Crippen LogP contribution in [0.25, 0.3) is 10.9 Å². The van der Waals surface area contributed by atoms with Crippen molar-refractivity contribution < 1.29 is 13.2 Å². The summed E-state index contributed by atoms with van der Waals surface area (Å²) in [6, 6.07) is 6.64. The zero-order chi connectivity index (χ0) is 16.4. The minimum atomic E-state index is -3.02. The summed E-state index contributed by atoms with van der Waals surface area (Å²) < 4.78 is 22.7. The van der Waals surface area contributed by atoms with Gasteiger partial charge in [0.1, 0.15) is 0 Å². The number of carbonyl (C=O) groups is 1. The molecule has 2 aromatic rings. The van der Waals surface area contributed by atoms with Crippen molar-refractivity contribution in [2.45, 2.75) is 17.6 Å². The lowest BCUT2D eigenvalue weighted by Gasteiger charge is -2.10. The van der Waals surface area contributed by atoms with Gasteiger partial charge in [-0.3, -0.25) is 9.59 Å². The molecule has 1 aromatic carbocycles. The van der Waals surface area contributed by atoms with E-state index in [1.165, 1.54) is 0 Å². The van der Waals surface area contributed by atoms with E-state index in [4.69, 9.17) is 0 Å². The monoisotopic (exact) mass is 353 g/mol. The number of carbonyl (C=O) groups excluding carboxylic acids is 1. The first-order valence-electron chi connectivity index (χ1n) is 7.05. The predicted molar refractivity (Wildman–Crippen MR) is 88.3 cm³/mol. The number of H-pyrrole nitrogens is 1. The molecule has 122 valence electrons. The highest BCUT2D eigenvalue weighted by Gasteiger charge is 2.28. The number of aromatic amines is 1. The molecule has 3 rings (SSSR count). The lowest BCUT2D eigenvalue weighted by Crippen LogP contribution is -2.36. The van der Waals surface area contributed by atoms with Crippen LogP contribution in [0.2, 0.25) is 0 Å². The highest BCUT2D eigenvalue weighted by Crippen LogP contribution is 2.15. The van der Waals surface area contributed by atoms with Crippen LogP contribution in [0.3, 0.4) is 0 Å². The van der Waals surface area contributed by atoms with Crippen molar-refractivity contribution in [3.8, 4) is 0 Å². The molecular weight excluding hydrogens is 338 g/mol. The first-order chi connectivity index (χ1) is 10.9. The Balaban J connectivity index is 1.62. The number of aromatic nitrogens is 2. The molecule has 7 nitrogen and oxygen atoms in total. The van der Waals surface area contributed by atoms with E-state index in [9.17, 15) is 18.0 Å². The Morgan fingerprint density at radius 1 is 1.39 bits per heavy atom. The van der Waals surface area contributed by atoms with E-state index in [1.807, 2.05) is 0 Å². The van der Waals surface area contributed by atoms with E-state index in [0.29, 0.717) is 22.5 Å². The Labute approximate surface area is 136 Å². The Hall–Kier alpha value is -1.87. The smallest absolute Gasteiger partial charge is 0.259 e. The third-order valence-corrected chi connectivity index (χ3v) is 6.17. The van der Waals surface area contributed by atoms with Gasteiger partial charge in [-0.15, -0.1) is 0 Å². The normalized spacial score (nSPS) is 19.7. The van der Waals surface area contributed by atoms with Gasteiger partial charge in [0.2, 0.25) is 5.91 Å². The van der Waals surface area contributed by atoms with Crippen molar-refractivity contribution in [1.82, 2.24) is 15.3 Å². The van der Waals surface area contributed by atoms with Crippen molar-refractivity contribution in [3.63, 3.8) is 0 Å². The van der Waals surface area contributed by atoms with Gasteiger partial charge in [-0.05, 0) is 18.6 Å². The van der Waals surface area contributed by atoms with E-state index in [2.05, 4.69) is 15.3 Å². The standard InChI is InChI=1S/C14H15N3O4S2/c18-12(15-9-5-6-23(20,21)8-9)7-22-14-16-11-4-2-1-3-10(11)13(19)17-14/h1-4,9H,5-8H2,(H,15,18)(H,16,17,19)/t9-/m0/s1. The van der Waals surface area contributed by atoms with Gasteiger partial charge in [-0.25, -0.2) is 13.4 Å². The molecular formula is C14H15N3O4S2. The SMILES string of the molecule is O=C(CSc1nc2ccccc2c(=O)[nH]1)N[C@H]1CCS(=O)(=O)C1. The second-order valence-electron chi connectivity index (χ2n) is 5.34. The van der Waals surface area contributed by atoms with Crippen LogP contribution >= 0.6 is 11.8 Å². The maximum atomic E-state index is 11.9. The summed E-state index contributed by atoms with van der Waals surface area (Å²) in [4.78, 5) is 30.7. The number of hydrogen-bond donors (Lipinski definition) is 2. The minimum absolute atomic E-state index is 0.00549. The molecule has 1 aliphatic rings. The number of thioether (sulfide) groups is 1. The number of para-hydroxylation sites is 1. The van der Waals surface area contributed by atoms with E-state index >= 15 is 0 Å². The molecule has 1 amide bonds. The molecule has 1 aliphatic heterocycles. The number of rotatable bonds is 4. The summed E-state index contributed by atoms with van der Waals surface area (Å²) in [6.45, 7) is 0. The first kappa shape index (κ1) is 16.0. The largest absolute Gasteiger partial charge is 0.352 e. The van der Waals surface area contributed by atoms with Gasteiger partial charge in [0.25, 0.3) is 5.56 Å². The summed E-state index contributed by atoms with van der Waals surface area (Å²) in [5.74, 6) is -0.0929. The van der Waals surface area contributed by atoms with Crippen molar-refractivity contribution in [3.05, 3.63) is 34.6 Å². The highest BCUT2D eigenvalue weighted by molar-refractivity contribution is 7.99. The van der Waals surface area contributed by atoms with Gasteiger partial charge in [-0.2, -0.15) is 0 Å². The Morgan fingerprint density at radius 2 is 2.17 bits per heavy atom. The third kappa shape index (κ3) is 3.91. The molecule has 0 aliphatic carbocycles. The minimum Gasteiger partial charge on any atom is -0.352 e. The maximum Gasteiger partial charge on any atom is 0.259 e. The number of nitrogens with zero attached hydrogens (tertiary/aromatic N) is 1. The fourth-order valence-electron chi connectivity index (χ4n) is 2.45. The average Bonchev–Trinajstić information content (AvgIpc) is 2.84. The molecule has 0 bridgehead atoms. The van der Waals surface area contributed by atoms with Gasteiger partial charge in [0.15, 0.2) is 15.0 Å². The fourth-order valence-corrected chi connectivity index (χ4v) is 4.80. The number of fused-ring (bicyclic) bond motifs is 1. The lowest BCUT2D eigenvalue weighted by molar-refractivity contribution is -0.119. The molecule has 1 aromatic heterocycles. The second kappa shape index (κ2) is 6.32. The summed E-state index contributed by atoms with van der Waals surface area (Å²) in [6.07, 6.45) is 0.448. The maximum absolute atomic E-state index is 11.9. The van der Waals surface area contributed by atoms with Crippen LogP contribution in [0.4, 0.5) is 0 Å². The van der Waals surface area contributed by atoms with Crippen LogP contribution in [-0.4, -0.2) is 47.6 Å². The van der Waals surface area contributed by atoms with Gasteiger partial charge in [0, 0.05) is 6.04 Å². The number of sulfone groups is 1. The second-order valence-corrected chi connectivity index (χ2v) is 8.54. The summed E-state index contributed by atoms with van der Waals surface area (Å²) in [7, 11) is -3.02. The molecule has 0 spiro atoms. The third-order valence-electron chi connectivity index (χ3n) is 3.53. The fraction of sp³-hybridized carbons (Fsp3) is 0.357. The Bertz CT molecular complexity index is 908. The predicted octanol–water partition coefficient (Wildman–Crippen LogP) is 0.319. The summed E-state index contributed by atoms with van der Waals surface area (Å²) in [5.41, 5.74) is 0.321. The quantitative estimate of drug-likeness (QED) is 0.605. The van der Waals surface area contributed by atoms with Crippen molar-refractivity contribution in [2.24, 2.45) is 0 Å². The molecule has 0 unspecified atom stereocenters. The van der Waals surface area contributed by atoms with Gasteiger partial charge < -0.3 is 10.3 Å². The average molecular weight is 353 g/mol. The topological polar surface area (TPSA) is 109 Å². The molecule has 0 radical (unpaired) electrons. The summed E-state index contributed by atoms with van der Waals surface area (Å²) in [5, 5.41) is 3.56. The van der Waals surface area contributed by atoms with E-state index < -0.39 is 9.84 Å². The zero-order valence-corrected chi connectivity index (χ0v) is 13.7. The van der Waals surface area contributed by atoms with Crippen LogP contribution in [0.1, 0.15) is 6.42 Å². The molecule has 9 heteroatoms. The molecule has 1 atom stereocenters. The highest BCUT2D eigenvalue weighted by atomic mass is 32.2. The van der Waals surface area contributed by atoms with Crippen molar-refractivity contribution in [2.75, 3.05) is 17.3 Å². The lowest BCUT2D eigenvalue weighted by atomic mass is 10.2. The molecule has 0 saturated carbocycles. The number of hydrogen-bond acceptors (Lipinski definition) is 6. The van der Waals surface area contributed by atoms with Crippen LogP contribution in [0.15, 0.2) is 34.2 Å². The van der Waals surface area contributed by atoms with Crippen molar-refractivity contribution >= 4 is 38.4 Å². The van der Waals surface area contributed by atoms with Gasteiger partial charge >= 0.3 is 0 Å². The van der Waals surface area contributed by atoms with E-state index in [1.54, 1.807) is 24.3 Å². The van der Waals surface area contributed by atoms with Crippen LogP contribution < -0.4 is 10.9 Å². The van der Waals surface area contributed by atoms with Gasteiger partial charge in [0.05, 0.1) is 28.2 Å². The number of nitrogens with one attached hydrogen (secondary N) is 2. The van der Waals surface area contributed by atoms with Crippen LogP contribution in [0.5, 0.6) is 0 Å².